The second kappa shape index (κ2) is 13.8. The lowest BCUT2D eigenvalue weighted by Crippen LogP contribution is -2.41. The maximum absolute atomic E-state index is 13.1. The van der Waals surface area contributed by atoms with Crippen molar-refractivity contribution in [1.82, 2.24) is 15.5 Å². The Balaban J connectivity index is 1.60. The van der Waals surface area contributed by atoms with Crippen LogP contribution in [0.3, 0.4) is 0 Å². The Morgan fingerprint density at radius 1 is 1.11 bits per heavy atom. The molecule has 0 unspecified atom stereocenters. The van der Waals surface area contributed by atoms with Gasteiger partial charge in [-0.2, -0.15) is 0 Å². The predicted octanol–water partition coefficient (Wildman–Crippen LogP) is 2.27. The van der Waals surface area contributed by atoms with Crippen LogP contribution in [0.1, 0.15) is 54.1 Å². The van der Waals surface area contributed by atoms with Gasteiger partial charge in [0.15, 0.2) is 5.96 Å². The number of hydrogen-bond acceptors (Lipinski definition) is 5. The van der Waals surface area contributed by atoms with Gasteiger partial charge >= 0.3 is 0 Å². The van der Waals surface area contributed by atoms with Crippen molar-refractivity contribution in [2.75, 3.05) is 39.9 Å². The number of aryl methyl sites for hydroxylation is 1. The number of hydrogen-bond donors (Lipinski definition) is 3. The van der Waals surface area contributed by atoms with Crippen LogP contribution in [0.5, 0.6) is 11.5 Å². The molecule has 188 valence electrons. The van der Waals surface area contributed by atoms with Crippen molar-refractivity contribution in [2.45, 2.75) is 45.4 Å². The van der Waals surface area contributed by atoms with Crippen molar-refractivity contribution >= 4 is 25.2 Å². The van der Waals surface area contributed by atoms with Gasteiger partial charge in [-0.1, -0.05) is 23.7 Å². The molecular weight excluding hydrogens is 439 g/mol. The van der Waals surface area contributed by atoms with Gasteiger partial charge in [0.2, 0.25) is 0 Å². The summed E-state index contributed by atoms with van der Waals surface area (Å²) in [6.45, 7) is 6.65. The van der Waals surface area contributed by atoms with Crippen molar-refractivity contribution in [3.63, 3.8) is 0 Å². The molecule has 2 aromatic carbocycles. The molecule has 2 aromatic rings. The number of nitrogens with zero attached hydrogens (tertiary/aromatic N) is 1. The van der Waals surface area contributed by atoms with E-state index in [0.717, 1.165) is 41.7 Å². The van der Waals surface area contributed by atoms with Gasteiger partial charge in [-0.3, -0.25) is 15.5 Å². The third-order valence-electron chi connectivity index (χ3n) is 6.40. The number of rotatable bonds is 12. The molecule has 0 radical (unpaired) electrons. The highest BCUT2D eigenvalue weighted by Gasteiger charge is 2.18. The number of likely N-dealkylation sites (tertiary alicyclic amines) is 1. The molecule has 1 fully saturated rings. The largest absolute Gasteiger partial charge is 0.496 e. The zero-order chi connectivity index (χ0) is 25.0. The van der Waals surface area contributed by atoms with Gasteiger partial charge in [0.05, 0.1) is 13.7 Å². The average Bonchev–Trinajstić information content (AvgIpc) is 3.36. The van der Waals surface area contributed by atoms with Gasteiger partial charge < -0.3 is 19.7 Å². The molecule has 1 saturated heterocycles. The van der Waals surface area contributed by atoms with E-state index < -0.39 is 0 Å². The second-order valence-electron chi connectivity index (χ2n) is 9.04. The summed E-state index contributed by atoms with van der Waals surface area (Å²) in [5, 5.41) is 13.9. The van der Waals surface area contributed by atoms with Gasteiger partial charge in [0.25, 0.3) is 5.91 Å². The van der Waals surface area contributed by atoms with Crippen LogP contribution in [0.15, 0.2) is 36.4 Å². The van der Waals surface area contributed by atoms with Gasteiger partial charge in [0.1, 0.15) is 19.3 Å². The van der Waals surface area contributed by atoms with E-state index in [2.05, 4.69) is 29.4 Å². The number of carbonyl (C=O) groups is 1. The summed E-state index contributed by atoms with van der Waals surface area (Å²) < 4.78 is 11.4. The normalized spacial score (nSPS) is 13.4. The molecule has 35 heavy (non-hydrogen) atoms. The van der Waals surface area contributed by atoms with E-state index in [1.165, 1.54) is 25.9 Å². The molecule has 3 rings (SSSR count). The molecule has 1 aliphatic rings. The first-order chi connectivity index (χ1) is 17.0. The van der Waals surface area contributed by atoms with Crippen LogP contribution in [-0.4, -0.2) is 64.5 Å². The molecule has 1 heterocycles. The fourth-order valence-electron chi connectivity index (χ4n) is 4.59. The molecule has 0 spiro atoms. The van der Waals surface area contributed by atoms with Crippen molar-refractivity contribution in [2.24, 2.45) is 0 Å². The summed E-state index contributed by atoms with van der Waals surface area (Å²) in [6, 6.07) is 11.6. The SMILES string of the molecule is Bc1ccc(OC)c(CCc2c(OCC)cccc2C(=O)NC(=N)NCCCCN2CCCC2)c1. The zero-order valence-electron chi connectivity index (χ0n) is 21.4. The Morgan fingerprint density at radius 2 is 1.91 bits per heavy atom. The highest BCUT2D eigenvalue weighted by Crippen LogP contribution is 2.26. The van der Waals surface area contributed by atoms with Crippen molar-refractivity contribution in [3.8, 4) is 11.5 Å². The summed E-state index contributed by atoms with van der Waals surface area (Å²) in [5.41, 5.74) is 3.63. The molecule has 0 bridgehead atoms. The van der Waals surface area contributed by atoms with E-state index in [1.54, 1.807) is 13.2 Å². The number of guanidine groups is 1. The first-order valence-corrected chi connectivity index (χ1v) is 12.8. The number of carbonyl (C=O) groups excluding carboxylic acids is 1. The first kappa shape index (κ1) is 26.6. The van der Waals surface area contributed by atoms with Gasteiger partial charge in [-0.05, 0) is 88.8 Å². The Hall–Kier alpha value is -3.00. The van der Waals surface area contributed by atoms with Crippen molar-refractivity contribution in [3.05, 3.63) is 53.1 Å². The smallest absolute Gasteiger partial charge is 0.258 e. The van der Waals surface area contributed by atoms with Crippen LogP contribution >= 0.6 is 0 Å². The molecule has 3 N–H and O–H groups in total. The number of benzene rings is 2. The zero-order valence-corrected chi connectivity index (χ0v) is 21.4. The van der Waals surface area contributed by atoms with E-state index in [0.29, 0.717) is 37.3 Å². The van der Waals surface area contributed by atoms with E-state index in [1.807, 2.05) is 31.2 Å². The monoisotopic (exact) mass is 478 g/mol. The summed E-state index contributed by atoms with van der Waals surface area (Å²) in [7, 11) is 3.73. The summed E-state index contributed by atoms with van der Waals surface area (Å²) in [5.74, 6) is 1.27. The quantitative estimate of drug-likeness (QED) is 0.189. The average molecular weight is 478 g/mol. The minimum absolute atomic E-state index is 0.0317. The molecule has 8 heteroatoms. The van der Waals surface area contributed by atoms with E-state index in [4.69, 9.17) is 14.9 Å². The molecule has 1 amide bonds. The molecular formula is C27H39BN4O3. The van der Waals surface area contributed by atoms with E-state index >= 15 is 0 Å². The first-order valence-electron chi connectivity index (χ1n) is 12.8. The summed E-state index contributed by atoms with van der Waals surface area (Å²) in [4.78, 5) is 15.6. The second-order valence-corrected chi connectivity index (χ2v) is 9.04. The Morgan fingerprint density at radius 3 is 2.66 bits per heavy atom. The minimum Gasteiger partial charge on any atom is -0.496 e. The molecule has 0 saturated carbocycles. The summed E-state index contributed by atoms with van der Waals surface area (Å²) in [6.07, 6.45) is 6.01. The molecule has 1 aliphatic heterocycles. The Bertz CT molecular complexity index is 992. The van der Waals surface area contributed by atoms with Crippen molar-refractivity contribution < 1.29 is 14.3 Å². The van der Waals surface area contributed by atoms with Crippen LogP contribution in [0.2, 0.25) is 0 Å². The fourth-order valence-corrected chi connectivity index (χ4v) is 4.59. The highest BCUT2D eigenvalue weighted by atomic mass is 16.5. The number of amides is 1. The molecule has 0 aliphatic carbocycles. The minimum atomic E-state index is -0.299. The van der Waals surface area contributed by atoms with E-state index in [9.17, 15) is 4.79 Å². The Labute approximate surface area is 210 Å². The van der Waals surface area contributed by atoms with Gasteiger partial charge in [-0.25, -0.2) is 0 Å². The number of nitrogens with one attached hydrogen (secondary N) is 3. The third kappa shape index (κ3) is 8.03. The van der Waals surface area contributed by atoms with Gasteiger partial charge in [0, 0.05) is 17.7 Å². The fraction of sp³-hybridized carbons (Fsp3) is 0.481. The van der Waals surface area contributed by atoms with Crippen molar-refractivity contribution in [1.29, 1.82) is 5.41 Å². The highest BCUT2D eigenvalue weighted by molar-refractivity contribution is 6.32. The number of unbranched alkanes of at least 4 members (excludes halogenated alkanes) is 1. The van der Waals surface area contributed by atoms with Crippen LogP contribution < -0.4 is 25.6 Å². The maximum atomic E-state index is 13.1. The van der Waals surface area contributed by atoms with Crippen LogP contribution in [-0.2, 0) is 12.8 Å². The van der Waals surface area contributed by atoms with Crippen LogP contribution in [0.4, 0.5) is 0 Å². The van der Waals surface area contributed by atoms with Crippen LogP contribution in [0, 0.1) is 5.41 Å². The summed E-state index contributed by atoms with van der Waals surface area (Å²) >= 11 is 0. The molecule has 0 atom stereocenters. The number of ether oxygens (including phenoxy) is 2. The lowest BCUT2D eigenvalue weighted by Gasteiger charge is -2.17. The standard InChI is InChI=1S/C27H39BN4O3/c1-3-35-25-10-8-9-23(22(25)13-11-20-19-21(28)12-14-24(20)34-2)26(33)31-27(29)30-15-4-5-16-32-17-6-7-18-32/h8-10,12,14,19H,3-7,11,13,15-18,28H2,1-2H3,(H3,29,30,31,33). The molecule has 0 aromatic heterocycles. The van der Waals surface area contributed by atoms with Gasteiger partial charge in [-0.15, -0.1) is 0 Å². The maximum Gasteiger partial charge on any atom is 0.258 e. The lowest BCUT2D eigenvalue weighted by molar-refractivity contribution is 0.0974. The van der Waals surface area contributed by atoms with Crippen LogP contribution in [0.25, 0.3) is 0 Å². The van der Waals surface area contributed by atoms with E-state index in [-0.39, 0.29) is 11.9 Å². The number of methoxy groups -OCH3 is 1. The Kier molecular flexibility index (Phi) is 10.5. The third-order valence-corrected chi connectivity index (χ3v) is 6.40. The predicted molar refractivity (Wildman–Crippen MR) is 144 cm³/mol. The molecule has 7 nitrogen and oxygen atoms in total. The lowest BCUT2D eigenvalue weighted by atomic mass is 9.91. The topological polar surface area (TPSA) is 86.7 Å².